The number of halogens is 2. The fourth-order valence-electron chi connectivity index (χ4n) is 2.81. The summed E-state index contributed by atoms with van der Waals surface area (Å²) < 4.78 is 38.0. The van der Waals surface area contributed by atoms with Crippen LogP contribution in [0.4, 0.5) is 13.6 Å². The number of nitrogens with one attached hydrogen (secondary N) is 1. The Morgan fingerprint density at radius 3 is 2.96 bits per heavy atom. The number of rotatable bonds is 3. The van der Waals surface area contributed by atoms with Gasteiger partial charge in [0.05, 0.1) is 24.9 Å². The van der Waals surface area contributed by atoms with Crippen LogP contribution in [0, 0.1) is 11.6 Å². The van der Waals surface area contributed by atoms with Crippen molar-refractivity contribution in [1.29, 1.82) is 0 Å². The molecule has 27 heavy (non-hydrogen) atoms. The summed E-state index contributed by atoms with van der Waals surface area (Å²) >= 11 is 0. The van der Waals surface area contributed by atoms with Crippen LogP contribution in [0.1, 0.15) is 17.5 Å². The van der Waals surface area contributed by atoms with Crippen LogP contribution in [0.15, 0.2) is 30.7 Å². The summed E-state index contributed by atoms with van der Waals surface area (Å²) in [6, 6.07) is 3.48. The van der Waals surface area contributed by atoms with Crippen molar-refractivity contribution in [2.24, 2.45) is 0 Å². The Labute approximate surface area is 152 Å². The van der Waals surface area contributed by atoms with Crippen molar-refractivity contribution in [3.63, 3.8) is 0 Å². The highest BCUT2D eigenvalue weighted by molar-refractivity contribution is 5.69. The molecule has 1 atom stereocenters. The molecule has 1 aliphatic rings. The maximum atomic E-state index is 13.6. The predicted octanol–water partition coefficient (Wildman–Crippen LogP) is 2.34. The maximum Gasteiger partial charge on any atom is 0.410 e. The van der Waals surface area contributed by atoms with E-state index in [0.29, 0.717) is 23.5 Å². The van der Waals surface area contributed by atoms with E-state index in [9.17, 15) is 13.6 Å². The molecule has 0 saturated carbocycles. The molecule has 2 aromatic heterocycles. The zero-order valence-electron chi connectivity index (χ0n) is 14.1. The van der Waals surface area contributed by atoms with Gasteiger partial charge in [0.2, 0.25) is 0 Å². The van der Waals surface area contributed by atoms with Gasteiger partial charge in [-0.05, 0) is 12.1 Å². The molecule has 1 amide bonds. The van der Waals surface area contributed by atoms with Gasteiger partial charge in [-0.2, -0.15) is 0 Å². The Morgan fingerprint density at radius 2 is 2.19 bits per heavy atom. The highest BCUT2D eigenvalue weighted by Gasteiger charge is 2.29. The lowest BCUT2D eigenvalue weighted by atomic mass is 10.2. The lowest BCUT2D eigenvalue weighted by Gasteiger charge is -2.31. The van der Waals surface area contributed by atoms with Crippen molar-refractivity contribution in [2.75, 3.05) is 19.7 Å². The summed E-state index contributed by atoms with van der Waals surface area (Å²) in [7, 11) is 0. The molecule has 0 aliphatic carbocycles. The molecule has 0 radical (unpaired) electrons. The number of aromatic amines is 1. The number of ether oxygens (including phenoxy) is 2. The first-order chi connectivity index (χ1) is 13.1. The smallest absolute Gasteiger partial charge is 0.410 e. The number of H-pyrrole nitrogens is 1. The number of nitrogens with zero attached hydrogens (tertiary/aromatic N) is 4. The van der Waals surface area contributed by atoms with E-state index in [1.165, 1.54) is 17.3 Å². The number of imidazole rings is 1. The summed E-state index contributed by atoms with van der Waals surface area (Å²) in [5.74, 6) is -1.000. The van der Waals surface area contributed by atoms with E-state index in [1.807, 2.05) is 0 Å². The molecule has 1 aromatic carbocycles. The molecule has 1 N–H and O–H groups in total. The third kappa shape index (κ3) is 3.56. The number of carbonyl (C=O) groups is 1. The van der Waals surface area contributed by atoms with Gasteiger partial charge in [0, 0.05) is 6.54 Å². The van der Waals surface area contributed by atoms with Gasteiger partial charge in [0.15, 0.2) is 5.65 Å². The van der Waals surface area contributed by atoms with E-state index < -0.39 is 30.4 Å². The number of fused-ring (bicyclic) bond motifs is 1. The minimum Gasteiger partial charge on any atom is -0.444 e. The van der Waals surface area contributed by atoms with Gasteiger partial charge in [-0.3, -0.25) is 0 Å². The Morgan fingerprint density at radius 1 is 1.37 bits per heavy atom. The van der Waals surface area contributed by atoms with Gasteiger partial charge in [-0.1, -0.05) is 6.07 Å². The van der Waals surface area contributed by atoms with Gasteiger partial charge in [0.25, 0.3) is 0 Å². The standard InChI is InChI=1S/C17H15F2N5O3/c18-11-2-1-3-12(19)10(11)8-27-17(25)24-4-5-26-14(7-24)16-22-13-6-20-9-21-15(13)23-16/h1-3,6,9,14H,4-5,7-8H2,(H,20,21,22,23). The molecule has 0 bridgehead atoms. The van der Waals surface area contributed by atoms with Crippen LogP contribution in [0.5, 0.6) is 0 Å². The van der Waals surface area contributed by atoms with E-state index in [4.69, 9.17) is 9.47 Å². The molecule has 0 spiro atoms. The van der Waals surface area contributed by atoms with Crippen molar-refractivity contribution in [3.05, 3.63) is 53.7 Å². The minimum atomic E-state index is -0.758. The van der Waals surface area contributed by atoms with E-state index in [1.54, 1.807) is 6.20 Å². The zero-order chi connectivity index (χ0) is 18.8. The average molecular weight is 375 g/mol. The molecule has 3 aromatic rings. The second kappa shape index (κ2) is 7.23. The lowest BCUT2D eigenvalue weighted by molar-refractivity contribution is -0.0331. The van der Waals surface area contributed by atoms with E-state index in [2.05, 4.69) is 19.9 Å². The van der Waals surface area contributed by atoms with Gasteiger partial charge >= 0.3 is 6.09 Å². The quantitative estimate of drug-likeness (QED) is 0.755. The van der Waals surface area contributed by atoms with Crippen LogP contribution in [0.3, 0.4) is 0 Å². The second-order valence-electron chi connectivity index (χ2n) is 5.94. The number of carbonyl (C=O) groups excluding carboxylic acids is 1. The minimum absolute atomic E-state index is 0.186. The first kappa shape index (κ1) is 17.3. The number of hydrogen-bond donors (Lipinski definition) is 1. The summed E-state index contributed by atoms with van der Waals surface area (Å²) in [5.41, 5.74) is 0.871. The van der Waals surface area contributed by atoms with Crippen molar-refractivity contribution < 1.29 is 23.0 Å². The van der Waals surface area contributed by atoms with E-state index in [-0.39, 0.29) is 18.7 Å². The number of morpholine rings is 1. The molecule has 4 rings (SSSR count). The first-order valence-corrected chi connectivity index (χ1v) is 8.23. The van der Waals surface area contributed by atoms with Crippen molar-refractivity contribution >= 4 is 17.3 Å². The molecule has 1 unspecified atom stereocenters. The Bertz CT molecular complexity index is 927. The average Bonchev–Trinajstić information content (AvgIpc) is 3.12. The SMILES string of the molecule is O=C(OCc1c(F)cccc1F)N1CCOC(c2nc3ncncc3[nH]2)C1. The van der Waals surface area contributed by atoms with Crippen molar-refractivity contribution in [1.82, 2.24) is 24.8 Å². The Kier molecular flexibility index (Phi) is 4.63. The number of aromatic nitrogens is 4. The number of amides is 1. The van der Waals surface area contributed by atoms with E-state index in [0.717, 1.165) is 12.1 Å². The summed E-state index contributed by atoms with van der Waals surface area (Å²) in [5, 5.41) is 0. The molecule has 10 heteroatoms. The first-order valence-electron chi connectivity index (χ1n) is 8.23. The lowest BCUT2D eigenvalue weighted by Crippen LogP contribution is -2.42. The summed E-state index contributed by atoms with van der Waals surface area (Å²) in [4.78, 5) is 29.1. The van der Waals surface area contributed by atoms with Crippen LogP contribution in [0.25, 0.3) is 11.2 Å². The fraction of sp³-hybridized carbons (Fsp3) is 0.294. The molecule has 8 nitrogen and oxygen atoms in total. The van der Waals surface area contributed by atoms with Gasteiger partial charge in [-0.25, -0.2) is 28.5 Å². The molecule has 1 fully saturated rings. The highest BCUT2D eigenvalue weighted by Crippen LogP contribution is 2.22. The third-order valence-corrected chi connectivity index (χ3v) is 4.21. The van der Waals surface area contributed by atoms with Crippen LogP contribution < -0.4 is 0 Å². The van der Waals surface area contributed by atoms with Gasteiger partial charge in [-0.15, -0.1) is 0 Å². The van der Waals surface area contributed by atoms with E-state index >= 15 is 0 Å². The molecule has 140 valence electrons. The fourth-order valence-corrected chi connectivity index (χ4v) is 2.81. The Balaban J connectivity index is 1.42. The molecular formula is C17H15F2N5O3. The molecule has 1 aliphatic heterocycles. The van der Waals surface area contributed by atoms with Crippen molar-refractivity contribution in [2.45, 2.75) is 12.7 Å². The largest absolute Gasteiger partial charge is 0.444 e. The van der Waals surface area contributed by atoms with Gasteiger partial charge in [0.1, 0.15) is 42.0 Å². The van der Waals surface area contributed by atoms with Gasteiger partial charge < -0.3 is 19.4 Å². The Hall–Kier alpha value is -3.14. The molecular weight excluding hydrogens is 360 g/mol. The van der Waals surface area contributed by atoms with Crippen LogP contribution in [-0.4, -0.2) is 50.6 Å². The van der Waals surface area contributed by atoms with Crippen LogP contribution >= 0.6 is 0 Å². The monoisotopic (exact) mass is 375 g/mol. The zero-order valence-corrected chi connectivity index (χ0v) is 14.1. The summed E-state index contributed by atoms with van der Waals surface area (Å²) in [6.45, 7) is 0.275. The topological polar surface area (TPSA) is 93.2 Å². The normalized spacial score (nSPS) is 17.3. The molecule has 1 saturated heterocycles. The highest BCUT2D eigenvalue weighted by atomic mass is 19.1. The van der Waals surface area contributed by atoms with Crippen molar-refractivity contribution in [3.8, 4) is 0 Å². The predicted molar refractivity (Wildman–Crippen MR) is 88.5 cm³/mol. The molecule has 3 heterocycles. The number of benzene rings is 1. The maximum absolute atomic E-state index is 13.6. The van der Waals surface area contributed by atoms with Crippen LogP contribution in [0.2, 0.25) is 0 Å². The van der Waals surface area contributed by atoms with Crippen LogP contribution in [-0.2, 0) is 16.1 Å². The second-order valence-corrected chi connectivity index (χ2v) is 5.94. The third-order valence-electron chi connectivity index (χ3n) is 4.21. The summed E-state index contributed by atoms with van der Waals surface area (Å²) in [6.07, 6.45) is 1.81. The number of hydrogen-bond acceptors (Lipinski definition) is 6.